The van der Waals surface area contributed by atoms with Crippen molar-refractivity contribution >= 4 is 15.6 Å². The maximum absolute atomic E-state index is 13.6. The molecule has 2 aliphatic rings. The summed E-state index contributed by atoms with van der Waals surface area (Å²) in [6.07, 6.45) is 5.20. The molecule has 3 atom stereocenters. The van der Waals surface area contributed by atoms with E-state index in [1.165, 1.54) is 15.4 Å². The van der Waals surface area contributed by atoms with Crippen LogP contribution in [0.4, 0.5) is 0 Å². The Morgan fingerprint density at radius 2 is 1.97 bits per heavy atom. The minimum Gasteiger partial charge on any atom is -0.487 e. The van der Waals surface area contributed by atoms with E-state index in [0.717, 1.165) is 31.4 Å². The summed E-state index contributed by atoms with van der Waals surface area (Å²) in [6.45, 7) is 5.28. The Labute approximate surface area is 203 Å². The molecule has 0 saturated carbocycles. The van der Waals surface area contributed by atoms with E-state index < -0.39 is 16.1 Å². The fraction of sp³-hybridized carbons (Fsp3) is 0.481. The van der Waals surface area contributed by atoms with Gasteiger partial charge in [0.05, 0.1) is 6.61 Å². The number of sulfonamides is 1. The van der Waals surface area contributed by atoms with Crippen molar-refractivity contribution in [3.8, 4) is 5.75 Å². The second kappa shape index (κ2) is 10.6. The van der Waals surface area contributed by atoms with Crippen molar-refractivity contribution in [1.82, 2.24) is 9.21 Å². The van der Waals surface area contributed by atoms with Gasteiger partial charge in [0.1, 0.15) is 16.7 Å². The summed E-state index contributed by atoms with van der Waals surface area (Å²) in [5, 5.41) is 9.83. The van der Waals surface area contributed by atoms with E-state index in [2.05, 4.69) is 30.2 Å². The van der Waals surface area contributed by atoms with E-state index in [0.29, 0.717) is 18.8 Å². The Bertz CT molecular complexity index is 1120. The summed E-state index contributed by atoms with van der Waals surface area (Å²) >= 11 is 0. The summed E-state index contributed by atoms with van der Waals surface area (Å²) in [6, 6.07) is 15.2. The zero-order valence-corrected chi connectivity index (χ0v) is 21.2. The van der Waals surface area contributed by atoms with Crippen molar-refractivity contribution < 1.29 is 18.3 Å². The van der Waals surface area contributed by atoms with E-state index in [4.69, 9.17) is 4.74 Å². The number of benzene rings is 2. The van der Waals surface area contributed by atoms with Crippen LogP contribution in [0.5, 0.6) is 5.75 Å². The molecular weight excluding hydrogens is 448 g/mol. The molecule has 1 aliphatic heterocycles. The third-order valence-electron chi connectivity index (χ3n) is 6.87. The highest BCUT2D eigenvalue weighted by Crippen LogP contribution is 2.37. The number of aliphatic hydroxyl groups excluding tert-OH is 1. The Morgan fingerprint density at radius 1 is 1.21 bits per heavy atom. The molecule has 0 spiro atoms. The highest BCUT2D eigenvalue weighted by Gasteiger charge is 2.38. The van der Waals surface area contributed by atoms with Crippen LogP contribution in [0.1, 0.15) is 44.2 Å². The van der Waals surface area contributed by atoms with Gasteiger partial charge in [-0.05, 0) is 62.1 Å². The summed E-state index contributed by atoms with van der Waals surface area (Å²) in [5.41, 5.74) is 3.49. The van der Waals surface area contributed by atoms with Gasteiger partial charge in [-0.1, -0.05) is 49.4 Å². The highest BCUT2D eigenvalue weighted by molar-refractivity contribution is 7.89. The standard InChI is InChI=1S/C27H36N2O4S/c1-20-16-29(21(2)19-30)34(31,32)27-14-13-24(23-11-7-8-12-23)15-25(27)33-26(20)18-28(3)17-22-9-5-4-6-10-22/h4-6,9-11,13-15,20-21,26,30H,7-8,12,16-19H2,1-3H3/t20-,21-,26+/m1/s1. The third-order valence-corrected chi connectivity index (χ3v) is 8.89. The molecule has 1 heterocycles. The van der Waals surface area contributed by atoms with Crippen LogP contribution in [0, 0.1) is 5.92 Å². The van der Waals surface area contributed by atoms with Gasteiger partial charge in [0.25, 0.3) is 0 Å². The monoisotopic (exact) mass is 484 g/mol. The number of fused-ring (bicyclic) bond motifs is 1. The summed E-state index contributed by atoms with van der Waals surface area (Å²) in [4.78, 5) is 2.40. The second-order valence-electron chi connectivity index (χ2n) is 9.71. The van der Waals surface area contributed by atoms with Gasteiger partial charge in [0.2, 0.25) is 10.0 Å². The van der Waals surface area contributed by atoms with Gasteiger partial charge in [0.15, 0.2) is 0 Å². The molecule has 0 saturated heterocycles. The lowest BCUT2D eigenvalue weighted by Crippen LogP contribution is -2.49. The molecule has 2 aromatic carbocycles. The van der Waals surface area contributed by atoms with Crippen molar-refractivity contribution in [2.45, 2.75) is 56.7 Å². The Kier molecular flexibility index (Phi) is 7.77. The van der Waals surface area contributed by atoms with Crippen molar-refractivity contribution in [3.05, 3.63) is 65.7 Å². The van der Waals surface area contributed by atoms with E-state index in [9.17, 15) is 13.5 Å². The number of hydrogen-bond donors (Lipinski definition) is 1. The van der Waals surface area contributed by atoms with Gasteiger partial charge in [-0.2, -0.15) is 4.31 Å². The fourth-order valence-electron chi connectivity index (χ4n) is 4.84. The van der Waals surface area contributed by atoms with Crippen LogP contribution in [0.25, 0.3) is 5.57 Å². The van der Waals surface area contributed by atoms with Crippen LogP contribution in [0.2, 0.25) is 0 Å². The van der Waals surface area contributed by atoms with Gasteiger partial charge < -0.3 is 9.84 Å². The summed E-state index contributed by atoms with van der Waals surface area (Å²) < 4.78 is 35.2. The summed E-state index contributed by atoms with van der Waals surface area (Å²) in [7, 11) is -1.75. The van der Waals surface area contributed by atoms with Gasteiger partial charge in [-0.3, -0.25) is 4.90 Å². The number of rotatable bonds is 7. The number of likely N-dealkylation sites (N-methyl/N-ethyl adjacent to an activating group) is 1. The molecule has 0 unspecified atom stereocenters. The molecule has 1 aliphatic carbocycles. The molecule has 0 bridgehead atoms. The van der Waals surface area contributed by atoms with E-state index in [1.54, 1.807) is 13.0 Å². The second-order valence-corrected chi connectivity index (χ2v) is 11.6. The SMILES string of the molecule is C[C@@H]1CN([C@H](C)CO)S(=O)(=O)c2ccc(C3=CCCC3)cc2O[C@H]1CN(C)Cc1ccccc1. The molecule has 0 radical (unpaired) electrons. The topological polar surface area (TPSA) is 70.1 Å². The smallest absolute Gasteiger partial charge is 0.247 e. The number of aliphatic hydroxyl groups is 1. The average Bonchev–Trinajstić information content (AvgIpc) is 3.36. The lowest BCUT2D eigenvalue weighted by Gasteiger charge is -2.37. The first-order chi connectivity index (χ1) is 16.3. The molecule has 0 aromatic heterocycles. The van der Waals surface area contributed by atoms with E-state index >= 15 is 0 Å². The number of hydrogen-bond acceptors (Lipinski definition) is 5. The van der Waals surface area contributed by atoms with Gasteiger partial charge >= 0.3 is 0 Å². The van der Waals surface area contributed by atoms with Crippen LogP contribution in [0.15, 0.2) is 59.5 Å². The summed E-state index contributed by atoms with van der Waals surface area (Å²) in [5.74, 6) is 0.342. The Morgan fingerprint density at radius 3 is 2.65 bits per heavy atom. The third kappa shape index (κ3) is 5.38. The van der Waals surface area contributed by atoms with E-state index in [-0.39, 0.29) is 23.5 Å². The van der Waals surface area contributed by atoms with Crippen LogP contribution in [-0.4, -0.2) is 61.6 Å². The number of allylic oxidation sites excluding steroid dienone is 2. The van der Waals surface area contributed by atoms with Crippen LogP contribution >= 0.6 is 0 Å². The van der Waals surface area contributed by atoms with Gasteiger partial charge in [-0.15, -0.1) is 0 Å². The predicted molar refractivity (Wildman–Crippen MR) is 135 cm³/mol. The molecule has 34 heavy (non-hydrogen) atoms. The molecule has 184 valence electrons. The molecule has 6 nitrogen and oxygen atoms in total. The zero-order valence-electron chi connectivity index (χ0n) is 20.4. The molecular formula is C27H36N2O4S. The largest absolute Gasteiger partial charge is 0.487 e. The Hall–Kier alpha value is -2.19. The first kappa shape index (κ1) is 24.9. The van der Waals surface area contributed by atoms with Crippen molar-refractivity contribution in [3.63, 3.8) is 0 Å². The van der Waals surface area contributed by atoms with Crippen LogP contribution in [0.3, 0.4) is 0 Å². The number of nitrogens with zero attached hydrogens (tertiary/aromatic N) is 2. The van der Waals surface area contributed by atoms with Crippen LogP contribution in [-0.2, 0) is 16.6 Å². The fourth-order valence-corrected chi connectivity index (χ4v) is 6.67. The predicted octanol–water partition coefficient (Wildman–Crippen LogP) is 4.15. The first-order valence-corrected chi connectivity index (χ1v) is 13.6. The Balaban J connectivity index is 1.69. The lowest BCUT2D eigenvalue weighted by atomic mass is 10.0. The minimum atomic E-state index is -3.81. The van der Waals surface area contributed by atoms with Crippen LogP contribution < -0.4 is 4.74 Å². The maximum Gasteiger partial charge on any atom is 0.247 e. The van der Waals surface area contributed by atoms with Crippen molar-refractivity contribution in [2.75, 3.05) is 26.7 Å². The highest BCUT2D eigenvalue weighted by atomic mass is 32.2. The lowest BCUT2D eigenvalue weighted by molar-refractivity contribution is 0.0733. The van der Waals surface area contributed by atoms with Gasteiger partial charge in [0, 0.05) is 31.6 Å². The van der Waals surface area contributed by atoms with Crippen molar-refractivity contribution in [1.29, 1.82) is 0 Å². The zero-order chi connectivity index (χ0) is 24.3. The van der Waals surface area contributed by atoms with Gasteiger partial charge in [-0.25, -0.2) is 8.42 Å². The van der Waals surface area contributed by atoms with Crippen molar-refractivity contribution in [2.24, 2.45) is 5.92 Å². The molecule has 2 aromatic rings. The number of ether oxygens (including phenoxy) is 1. The maximum atomic E-state index is 13.6. The quantitative estimate of drug-likeness (QED) is 0.639. The molecule has 7 heteroatoms. The molecule has 1 N–H and O–H groups in total. The normalized spacial score (nSPS) is 23.5. The average molecular weight is 485 g/mol. The minimum absolute atomic E-state index is 0.0653. The molecule has 4 rings (SSSR count). The molecule has 0 amide bonds. The van der Waals surface area contributed by atoms with E-state index in [1.807, 2.05) is 37.3 Å². The first-order valence-electron chi connectivity index (χ1n) is 12.1. The molecule has 0 fully saturated rings.